The second-order valence-electron chi connectivity index (χ2n) is 9.56. The van der Waals surface area contributed by atoms with E-state index in [0.29, 0.717) is 31.0 Å². The first-order chi connectivity index (χ1) is 16.4. The summed E-state index contributed by atoms with van der Waals surface area (Å²) in [7, 11) is 0. The predicted octanol–water partition coefficient (Wildman–Crippen LogP) is 3.28. The molecule has 34 heavy (non-hydrogen) atoms. The minimum absolute atomic E-state index is 0.0435. The molecule has 0 aromatic heterocycles. The van der Waals surface area contributed by atoms with E-state index in [4.69, 9.17) is 17.3 Å². The highest BCUT2D eigenvalue weighted by Gasteiger charge is 2.38. The van der Waals surface area contributed by atoms with Gasteiger partial charge in [0, 0.05) is 50.0 Å². The molecule has 1 aromatic carbocycles. The number of hydrogen-bond acceptors (Lipinski definition) is 4. The van der Waals surface area contributed by atoms with Gasteiger partial charge in [0.25, 0.3) is 0 Å². The fourth-order valence-electron chi connectivity index (χ4n) is 5.25. The second-order valence-corrected chi connectivity index (χ2v) is 10.00. The van der Waals surface area contributed by atoms with Crippen LogP contribution in [0, 0.1) is 0 Å². The predicted molar refractivity (Wildman–Crippen MR) is 134 cm³/mol. The van der Waals surface area contributed by atoms with Gasteiger partial charge in [0.1, 0.15) is 6.04 Å². The van der Waals surface area contributed by atoms with Crippen molar-refractivity contribution in [2.24, 2.45) is 5.73 Å². The maximum atomic E-state index is 13.5. The van der Waals surface area contributed by atoms with Gasteiger partial charge >= 0.3 is 0 Å². The molecule has 1 aromatic rings. The van der Waals surface area contributed by atoms with E-state index >= 15 is 0 Å². The Morgan fingerprint density at radius 2 is 1.79 bits per heavy atom. The Morgan fingerprint density at radius 1 is 1.09 bits per heavy atom. The molecule has 3 amide bonds. The molecule has 1 aliphatic carbocycles. The summed E-state index contributed by atoms with van der Waals surface area (Å²) < 4.78 is 0. The van der Waals surface area contributed by atoms with E-state index in [1.54, 1.807) is 12.1 Å². The van der Waals surface area contributed by atoms with Crippen molar-refractivity contribution >= 4 is 29.3 Å². The number of nitrogens with one attached hydrogen (secondary N) is 1. The Morgan fingerprint density at radius 3 is 2.44 bits per heavy atom. The van der Waals surface area contributed by atoms with Crippen LogP contribution >= 0.6 is 11.6 Å². The molecule has 3 N–H and O–H groups in total. The third-order valence-electron chi connectivity index (χ3n) is 6.95. The van der Waals surface area contributed by atoms with Crippen LogP contribution in [0.3, 0.4) is 0 Å². The van der Waals surface area contributed by atoms with Gasteiger partial charge in [-0.05, 0) is 43.4 Å². The first-order valence-corrected chi connectivity index (χ1v) is 13.1. The summed E-state index contributed by atoms with van der Waals surface area (Å²) in [6.45, 7) is 3.38. The van der Waals surface area contributed by atoms with Gasteiger partial charge in [0.05, 0.1) is 6.04 Å². The smallest absolute Gasteiger partial charge is 0.245 e. The molecule has 0 radical (unpaired) electrons. The Balaban J connectivity index is 1.72. The molecule has 1 aliphatic heterocycles. The van der Waals surface area contributed by atoms with Crippen molar-refractivity contribution in [2.75, 3.05) is 19.6 Å². The number of hydrogen-bond donors (Lipinski definition) is 2. The third kappa shape index (κ3) is 7.19. The van der Waals surface area contributed by atoms with Crippen LogP contribution in [0.15, 0.2) is 24.3 Å². The molecule has 0 unspecified atom stereocenters. The largest absolute Gasteiger partial charge is 0.344 e. The van der Waals surface area contributed by atoms with Gasteiger partial charge in [-0.25, -0.2) is 0 Å². The van der Waals surface area contributed by atoms with Crippen LogP contribution in [0.5, 0.6) is 0 Å². The summed E-state index contributed by atoms with van der Waals surface area (Å²) in [5.41, 5.74) is 6.46. The molecule has 1 heterocycles. The van der Waals surface area contributed by atoms with Crippen LogP contribution in [0.2, 0.25) is 5.02 Å². The Hall–Kier alpha value is -2.12. The Bertz CT molecular complexity index is 826. The number of amides is 3. The highest BCUT2D eigenvalue weighted by Crippen LogP contribution is 2.29. The number of halogens is 1. The lowest BCUT2D eigenvalue weighted by molar-refractivity contribution is -0.139. The van der Waals surface area contributed by atoms with Gasteiger partial charge in [-0.1, -0.05) is 49.9 Å². The first kappa shape index (κ1) is 26.5. The minimum Gasteiger partial charge on any atom is -0.344 e. The lowest BCUT2D eigenvalue weighted by Gasteiger charge is -2.39. The molecule has 1 saturated carbocycles. The molecule has 1 saturated heterocycles. The molecule has 188 valence electrons. The maximum absolute atomic E-state index is 13.5. The topological polar surface area (TPSA) is 95.7 Å². The molecule has 0 bridgehead atoms. The average molecular weight is 491 g/mol. The number of rotatable bonds is 10. The zero-order chi connectivity index (χ0) is 24.5. The van der Waals surface area contributed by atoms with Crippen molar-refractivity contribution in [3.8, 4) is 0 Å². The number of nitrogens with two attached hydrogens (primary N) is 1. The second kappa shape index (κ2) is 13.1. The SMILES string of the molecule is CCCC(=O)N(C1CCCCC1)[C@H]1CCN(C(=O)[C@@H](Cc2ccc(Cl)cc2)NC(=O)CCN)C1. The summed E-state index contributed by atoms with van der Waals surface area (Å²) in [6, 6.07) is 6.97. The molecule has 3 rings (SSSR count). The van der Waals surface area contributed by atoms with Crippen LogP contribution in [-0.4, -0.2) is 65.3 Å². The average Bonchev–Trinajstić information content (AvgIpc) is 3.30. The molecule has 7 nitrogen and oxygen atoms in total. The van der Waals surface area contributed by atoms with Crippen molar-refractivity contribution in [2.45, 2.75) is 89.3 Å². The number of carbonyl (C=O) groups excluding carboxylic acids is 3. The molecule has 8 heteroatoms. The van der Waals surface area contributed by atoms with Crippen molar-refractivity contribution in [3.63, 3.8) is 0 Å². The van der Waals surface area contributed by atoms with E-state index < -0.39 is 6.04 Å². The van der Waals surface area contributed by atoms with Crippen LogP contribution in [-0.2, 0) is 20.8 Å². The molecule has 2 atom stereocenters. The van der Waals surface area contributed by atoms with E-state index in [1.807, 2.05) is 24.0 Å². The van der Waals surface area contributed by atoms with E-state index in [-0.39, 0.29) is 42.8 Å². The number of nitrogens with zero attached hydrogens (tertiary/aromatic N) is 2. The lowest BCUT2D eigenvalue weighted by Crippen LogP contribution is -2.52. The van der Waals surface area contributed by atoms with Gasteiger partial charge in [0.2, 0.25) is 17.7 Å². The van der Waals surface area contributed by atoms with Gasteiger partial charge in [0.15, 0.2) is 0 Å². The van der Waals surface area contributed by atoms with Crippen LogP contribution < -0.4 is 11.1 Å². The van der Waals surface area contributed by atoms with Crippen molar-refractivity contribution in [1.82, 2.24) is 15.1 Å². The fraction of sp³-hybridized carbons (Fsp3) is 0.654. The van der Waals surface area contributed by atoms with E-state index in [9.17, 15) is 14.4 Å². The van der Waals surface area contributed by atoms with E-state index in [0.717, 1.165) is 44.1 Å². The number of likely N-dealkylation sites (tertiary alicyclic amines) is 1. The monoisotopic (exact) mass is 490 g/mol. The molecule has 2 aliphatic rings. The maximum Gasteiger partial charge on any atom is 0.245 e. The van der Waals surface area contributed by atoms with Crippen LogP contribution in [0.1, 0.15) is 70.3 Å². The molecule has 0 spiro atoms. The van der Waals surface area contributed by atoms with Gasteiger partial charge < -0.3 is 20.9 Å². The first-order valence-electron chi connectivity index (χ1n) is 12.8. The Kier molecular flexibility index (Phi) is 10.2. The van der Waals surface area contributed by atoms with Gasteiger partial charge in [-0.15, -0.1) is 0 Å². The van der Waals surface area contributed by atoms with Gasteiger partial charge in [-0.2, -0.15) is 0 Å². The number of benzene rings is 1. The van der Waals surface area contributed by atoms with Crippen LogP contribution in [0.25, 0.3) is 0 Å². The Labute approximate surface area is 208 Å². The zero-order valence-electron chi connectivity index (χ0n) is 20.3. The summed E-state index contributed by atoms with van der Waals surface area (Å²) in [5, 5.41) is 3.51. The van der Waals surface area contributed by atoms with E-state index in [1.165, 1.54) is 6.42 Å². The quantitative estimate of drug-likeness (QED) is 0.526. The van der Waals surface area contributed by atoms with Gasteiger partial charge in [-0.3, -0.25) is 14.4 Å². The van der Waals surface area contributed by atoms with Crippen molar-refractivity contribution in [3.05, 3.63) is 34.9 Å². The summed E-state index contributed by atoms with van der Waals surface area (Å²) in [5.74, 6) is -0.121. The third-order valence-corrected chi connectivity index (χ3v) is 7.20. The van der Waals surface area contributed by atoms with E-state index in [2.05, 4.69) is 10.2 Å². The highest BCUT2D eigenvalue weighted by molar-refractivity contribution is 6.30. The molecule has 2 fully saturated rings. The summed E-state index contributed by atoms with van der Waals surface area (Å²) >= 11 is 6.01. The van der Waals surface area contributed by atoms with Crippen molar-refractivity contribution in [1.29, 1.82) is 0 Å². The zero-order valence-corrected chi connectivity index (χ0v) is 21.1. The molecular weight excluding hydrogens is 452 g/mol. The fourth-order valence-corrected chi connectivity index (χ4v) is 5.38. The highest BCUT2D eigenvalue weighted by atomic mass is 35.5. The standard InChI is InChI=1S/C26H39ClN4O3/c1-2-6-25(33)31(21-7-4-3-5-8-21)22-14-16-30(18-22)26(34)23(29-24(32)13-15-28)17-19-9-11-20(27)12-10-19/h9-12,21-23H,2-8,13-18,28H2,1H3,(H,29,32)/t22-,23+/m0/s1. The normalized spacial score (nSPS) is 19.6. The molecular formula is C26H39ClN4O3. The number of carbonyl (C=O) groups is 3. The summed E-state index contributed by atoms with van der Waals surface area (Å²) in [4.78, 5) is 42.9. The lowest BCUT2D eigenvalue weighted by atomic mass is 9.92. The van der Waals surface area contributed by atoms with Crippen LogP contribution in [0.4, 0.5) is 0 Å². The summed E-state index contributed by atoms with van der Waals surface area (Å²) in [6.07, 6.45) is 8.37. The minimum atomic E-state index is -0.673. The van der Waals surface area contributed by atoms with Crippen molar-refractivity contribution < 1.29 is 14.4 Å².